The Balaban J connectivity index is 1.70. The van der Waals surface area contributed by atoms with E-state index in [0.29, 0.717) is 6.54 Å². The van der Waals surface area contributed by atoms with Gasteiger partial charge in [0.25, 0.3) is 0 Å². The summed E-state index contributed by atoms with van der Waals surface area (Å²) in [5, 5.41) is 2.82. The Morgan fingerprint density at radius 3 is 2.55 bits per heavy atom. The van der Waals surface area contributed by atoms with Crippen molar-refractivity contribution in [3.05, 3.63) is 42.5 Å². The molecule has 1 aromatic carbocycles. The van der Waals surface area contributed by atoms with Gasteiger partial charge in [-0.25, -0.2) is 4.79 Å². The minimum Gasteiger partial charge on any atom is -0.497 e. The number of hydrogen-bond acceptors (Lipinski definition) is 3. The van der Waals surface area contributed by atoms with Gasteiger partial charge in [0.15, 0.2) is 0 Å². The molecule has 1 aliphatic rings. The molecule has 0 saturated carbocycles. The smallest absolute Gasteiger partial charge is 0.317 e. The number of benzene rings is 1. The van der Waals surface area contributed by atoms with Gasteiger partial charge in [-0.3, -0.25) is 4.90 Å². The zero-order chi connectivity index (χ0) is 15.8. The van der Waals surface area contributed by atoms with Crippen molar-refractivity contribution in [3.63, 3.8) is 0 Å². The highest BCUT2D eigenvalue weighted by Gasteiger charge is 2.20. The number of nitrogens with zero attached hydrogens (tertiary/aromatic N) is 2. The Bertz CT molecular complexity index is 479. The number of hydrogen-bond donors (Lipinski definition) is 1. The molecule has 0 radical (unpaired) electrons. The topological polar surface area (TPSA) is 44.8 Å². The van der Waals surface area contributed by atoms with Crippen molar-refractivity contribution >= 4 is 6.03 Å². The summed E-state index contributed by atoms with van der Waals surface area (Å²) >= 11 is 0. The van der Waals surface area contributed by atoms with Gasteiger partial charge in [0, 0.05) is 39.3 Å². The first-order valence-electron chi connectivity index (χ1n) is 7.72. The van der Waals surface area contributed by atoms with Crippen LogP contribution < -0.4 is 10.1 Å². The largest absolute Gasteiger partial charge is 0.497 e. The van der Waals surface area contributed by atoms with Crippen LogP contribution in [0, 0.1) is 0 Å². The third kappa shape index (κ3) is 4.77. The standard InChI is InChI=1S/C17H25N3O2/c1-3-9-18-17(21)20-13-11-19(12-14-20)10-8-15-4-6-16(22-2)7-5-15/h3-7H,1,8-14H2,2H3,(H,18,21). The average Bonchev–Trinajstić information content (AvgIpc) is 2.58. The fourth-order valence-corrected chi connectivity index (χ4v) is 2.53. The molecule has 0 unspecified atom stereocenters. The van der Waals surface area contributed by atoms with Crippen LogP contribution in [0.2, 0.25) is 0 Å². The molecule has 1 N–H and O–H groups in total. The third-order valence-electron chi connectivity index (χ3n) is 3.93. The molecule has 1 heterocycles. The highest BCUT2D eigenvalue weighted by molar-refractivity contribution is 5.74. The summed E-state index contributed by atoms with van der Waals surface area (Å²) in [6.45, 7) is 8.57. The summed E-state index contributed by atoms with van der Waals surface area (Å²) in [7, 11) is 1.68. The maximum Gasteiger partial charge on any atom is 0.317 e. The molecule has 5 nitrogen and oxygen atoms in total. The quantitative estimate of drug-likeness (QED) is 0.814. The first kappa shape index (κ1) is 16.4. The highest BCUT2D eigenvalue weighted by atomic mass is 16.5. The van der Waals surface area contributed by atoms with E-state index in [1.165, 1.54) is 5.56 Å². The van der Waals surface area contributed by atoms with Gasteiger partial charge in [0.1, 0.15) is 5.75 Å². The first-order valence-corrected chi connectivity index (χ1v) is 7.72. The fraction of sp³-hybridized carbons (Fsp3) is 0.471. The lowest BCUT2D eigenvalue weighted by molar-refractivity contribution is 0.141. The van der Waals surface area contributed by atoms with Crippen molar-refractivity contribution in [1.82, 2.24) is 15.1 Å². The van der Waals surface area contributed by atoms with E-state index in [1.807, 2.05) is 17.0 Å². The number of methoxy groups -OCH3 is 1. The monoisotopic (exact) mass is 303 g/mol. The number of nitrogens with one attached hydrogen (secondary N) is 1. The fourth-order valence-electron chi connectivity index (χ4n) is 2.53. The maximum atomic E-state index is 11.8. The molecule has 5 heteroatoms. The second-order valence-corrected chi connectivity index (χ2v) is 5.40. The van der Waals surface area contributed by atoms with E-state index in [0.717, 1.165) is 44.9 Å². The van der Waals surface area contributed by atoms with E-state index in [1.54, 1.807) is 13.2 Å². The van der Waals surface area contributed by atoms with Crippen molar-refractivity contribution in [2.75, 3.05) is 46.4 Å². The van der Waals surface area contributed by atoms with Crippen molar-refractivity contribution in [2.45, 2.75) is 6.42 Å². The van der Waals surface area contributed by atoms with Crippen LogP contribution in [0.1, 0.15) is 5.56 Å². The molecular weight excluding hydrogens is 278 g/mol. The van der Waals surface area contributed by atoms with E-state index in [-0.39, 0.29) is 6.03 Å². The van der Waals surface area contributed by atoms with Gasteiger partial charge in [0.05, 0.1) is 7.11 Å². The van der Waals surface area contributed by atoms with Gasteiger partial charge in [0.2, 0.25) is 0 Å². The van der Waals surface area contributed by atoms with Crippen LogP contribution in [-0.4, -0.2) is 62.2 Å². The molecule has 1 saturated heterocycles. The molecular formula is C17H25N3O2. The van der Waals surface area contributed by atoms with Gasteiger partial charge < -0.3 is 15.0 Å². The number of urea groups is 1. The van der Waals surface area contributed by atoms with Crippen LogP contribution in [0.5, 0.6) is 5.75 Å². The summed E-state index contributed by atoms with van der Waals surface area (Å²) in [5.41, 5.74) is 1.31. The second kappa shape index (κ2) is 8.44. The number of carbonyl (C=O) groups is 1. The minimum absolute atomic E-state index is 0.00899. The Labute approximate surface area is 132 Å². The Hall–Kier alpha value is -2.01. The van der Waals surface area contributed by atoms with Crippen LogP contribution in [0.25, 0.3) is 0 Å². The van der Waals surface area contributed by atoms with Gasteiger partial charge in [-0.1, -0.05) is 18.2 Å². The lowest BCUT2D eigenvalue weighted by Crippen LogP contribution is -2.52. The zero-order valence-electron chi connectivity index (χ0n) is 13.3. The molecule has 22 heavy (non-hydrogen) atoms. The number of ether oxygens (including phenoxy) is 1. The molecule has 2 amide bonds. The zero-order valence-corrected chi connectivity index (χ0v) is 13.3. The van der Waals surface area contributed by atoms with E-state index in [4.69, 9.17) is 4.74 Å². The van der Waals surface area contributed by atoms with E-state index in [9.17, 15) is 4.79 Å². The Morgan fingerprint density at radius 1 is 1.27 bits per heavy atom. The van der Waals surface area contributed by atoms with E-state index < -0.39 is 0 Å². The Morgan fingerprint density at radius 2 is 1.95 bits per heavy atom. The number of piperazine rings is 1. The molecule has 1 fully saturated rings. The van der Waals surface area contributed by atoms with Crippen molar-refractivity contribution in [3.8, 4) is 5.75 Å². The maximum absolute atomic E-state index is 11.8. The molecule has 0 bridgehead atoms. The lowest BCUT2D eigenvalue weighted by atomic mass is 10.1. The molecule has 2 rings (SSSR count). The van der Waals surface area contributed by atoms with Crippen LogP contribution in [-0.2, 0) is 6.42 Å². The number of amides is 2. The van der Waals surface area contributed by atoms with Gasteiger partial charge in [-0.05, 0) is 24.1 Å². The summed E-state index contributed by atoms with van der Waals surface area (Å²) in [4.78, 5) is 16.1. The van der Waals surface area contributed by atoms with Crippen molar-refractivity contribution in [1.29, 1.82) is 0 Å². The molecule has 0 spiro atoms. The van der Waals surface area contributed by atoms with Crippen LogP contribution in [0.3, 0.4) is 0 Å². The van der Waals surface area contributed by atoms with E-state index in [2.05, 4.69) is 28.9 Å². The molecule has 0 aromatic heterocycles. The molecule has 0 atom stereocenters. The minimum atomic E-state index is 0.00899. The van der Waals surface area contributed by atoms with Crippen molar-refractivity contribution < 1.29 is 9.53 Å². The number of carbonyl (C=O) groups excluding carboxylic acids is 1. The first-order chi connectivity index (χ1) is 10.7. The van der Waals surface area contributed by atoms with Gasteiger partial charge >= 0.3 is 6.03 Å². The van der Waals surface area contributed by atoms with Crippen LogP contribution in [0.4, 0.5) is 4.79 Å². The summed E-state index contributed by atoms with van der Waals surface area (Å²) in [6.07, 6.45) is 2.72. The Kier molecular flexibility index (Phi) is 6.27. The average molecular weight is 303 g/mol. The highest BCUT2D eigenvalue weighted by Crippen LogP contribution is 2.12. The number of rotatable bonds is 6. The molecule has 0 aliphatic carbocycles. The third-order valence-corrected chi connectivity index (χ3v) is 3.93. The van der Waals surface area contributed by atoms with Crippen LogP contribution >= 0.6 is 0 Å². The summed E-state index contributed by atoms with van der Waals surface area (Å²) in [6, 6.07) is 8.22. The predicted molar refractivity (Wildman–Crippen MR) is 88.3 cm³/mol. The lowest BCUT2D eigenvalue weighted by Gasteiger charge is -2.34. The molecule has 1 aliphatic heterocycles. The molecule has 120 valence electrons. The summed E-state index contributed by atoms with van der Waals surface area (Å²) in [5.74, 6) is 0.892. The van der Waals surface area contributed by atoms with Gasteiger partial charge in [-0.15, -0.1) is 6.58 Å². The van der Waals surface area contributed by atoms with E-state index >= 15 is 0 Å². The normalized spacial score (nSPS) is 15.4. The summed E-state index contributed by atoms with van der Waals surface area (Å²) < 4.78 is 5.17. The van der Waals surface area contributed by atoms with Crippen molar-refractivity contribution in [2.24, 2.45) is 0 Å². The van der Waals surface area contributed by atoms with Gasteiger partial charge in [-0.2, -0.15) is 0 Å². The SMILES string of the molecule is C=CCNC(=O)N1CCN(CCc2ccc(OC)cc2)CC1. The predicted octanol–water partition coefficient (Wildman–Crippen LogP) is 1.75. The van der Waals surface area contributed by atoms with Crippen LogP contribution in [0.15, 0.2) is 36.9 Å². The second-order valence-electron chi connectivity index (χ2n) is 5.40. The molecule has 1 aromatic rings.